The maximum Gasteiger partial charge on any atom is 0.573 e. The lowest BCUT2D eigenvalue weighted by Crippen LogP contribution is -2.44. The minimum atomic E-state index is -4.79. The zero-order chi connectivity index (χ0) is 22.2. The van der Waals surface area contributed by atoms with Crippen LogP contribution >= 0.6 is 11.3 Å². The second kappa shape index (κ2) is 7.98. The van der Waals surface area contributed by atoms with E-state index in [2.05, 4.69) is 20.4 Å². The van der Waals surface area contributed by atoms with Gasteiger partial charge in [0.1, 0.15) is 11.3 Å². The van der Waals surface area contributed by atoms with E-state index in [9.17, 15) is 27.6 Å². The minimum Gasteiger partial charge on any atom is -0.406 e. The Morgan fingerprint density at radius 1 is 1.29 bits per heavy atom. The van der Waals surface area contributed by atoms with Crippen LogP contribution in [0.1, 0.15) is 38.5 Å². The van der Waals surface area contributed by atoms with Gasteiger partial charge in [0.05, 0.1) is 10.2 Å². The van der Waals surface area contributed by atoms with E-state index >= 15 is 0 Å². The number of aromatic nitrogens is 1. The fraction of sp³-hybridized carbons (Fsp3) is 0.474. The third-order valence-corrected chi connectivity index (χ3v) is 6.26. The van der Waals surface area contributed by atoms with E-state index in [-0.39, 0.29) is 42.1 Å². The number of amides is 4. The van der Waals surface area contributed by atoms with Gasteiger partial charge in [0.15, 0.2) is 5.13 Å². The summed E-state index contributed by atoms with van der Waals surface area (Å²) in [6, 6.07) is 3.30. The lowest BCUT2D eigenvalue weighted by atomic mass is 9.98. The molecule has 4 amide bonds. The number of rotatable bonds is 6. The van der Waals surface area contributed by atoms with Crippen LogP contribution in [0.15, 0.2) is 18.2 Å². The molecule has 2 heterocycles. The van der Waals surface area contributed by atoms with Crippen LogP contribution < -0.4 is 15.4 Å². The van der Waals surface area contributed by atoms with E-state index in [1.807, 2.05) is 0 Å². The quantitative estimate of drug-likeness (QED) is 0.645. The van der Waals surface area contributed by atoms with Gasteiger partial charge in [0, 0.05) is 19.0 Å². The first-order valence-electron chi connectivity index (χ1n) is 9.76. The van der Waals surface area contributed by atoms with Crippen LogP contribution in [0.4, 0.5) is 23.1 Å². The zero-order valence-corrected chi connectivity index (χ0v) is 17.1. The zero-order valence-electron chi connectivity index (χ0n) is 16.3. The molecule has 1 aliphatic carbocycles. The molecule has 166 valence electrons. The Labute approximate surface area is 178 Å². The number of alkyl halides is 3. The van der Waals surface area contributed by atoms with Crippen LogP contribution in [-0.2, 0) is 9.59 Å². The summed E-state index contributed by atoms with van der Waals surface area (Å²) in [6.45, 7) is 0.137. The third-order valence-electron chi connectivity index (χ3n) is 5.33. The number of halogens is 3. The molecule has 0 radical (unpaired) electrons. The van der Waals surface area contributed by atoms with Crippen molar-refractivity contribution in [2.75, 3.05) is 11.9 Å². The highest BCUT2D eigenvalue weighted by molar-refractivity contribution is 7.22. The third kappa shape index (κ3) is 4.58. The normalized spacial score (nSPS) is 18.1. The first-order valence-corrected chi connectivity index (χ1v) is 10.6. The summed E-state index contributed by atoms with van der Waals surface area (Å²) in [4.78, 5) is 42.2. The number of carbonyl (C=O) groups is 3. The topological polar surface area (TPSA) is 101 Å². The highest BCUT2D eigenvalue weighted by atomic mass is 32.1. The second-order valence-corrected chi connectivity index (χ2v) is 8.55. The van der Waals surface area contributed by atoms with Crippen LogP contribution in [0.2, 0.25) is 0 Å². The molecule has 4 rings (SSSR count). The molecular weight excluding hydrogens is 437 g/mol. The van der Waals surface area contributed by atoms with Gasteiger partial charge in [-0.15, -0.1) is 13.2 Å². The van der Waals surface area contributed by atoms with Crippen molar-refractivity contribution in [2.24, 2.45) is 0 Å². The number of hydrogen-bond donors (Lipinski definition) is 2. The van der Waals surface area contributed by atoms with Gasteiger partial charge in [0.25, 0.3) is 5.91 Å². The summed E-state index contributed by atoms with van der Waals surface area (Å²) < 4.78 is 41.3. The lowest BCUT2D eigenvalue weighted by Gasteiger charge is -2.19. The number of anilines is 1. The fourth-order valence-electron chi connectivity index (χ4n) is 3.93. The molecule has 1 aromatic carbocycles. The first kappa shape index (κ1) is 21.3. The summed E-state index contributed by atoms with van der Waals surface area (Å²) >= 11 is 1.02. The highest BCUT2D eigenvalue weighted by Gasteiger charge is 2.52. The van der Waals surface area contributed by atoms with E-state index in [1.165, 1.54) is 17.0 Å². The van der Waals surface area contributed by atoms with Crippen molar-refractivity contribution in [3.63, 3.8) is 0 Å². The molecule has 1 aromatic heterocycles. The van der Waals surface area contributed by atoms with Crippen molar-refractivity contribution in [1.82, 2.24) is 15.2 Å². The van der Waals surface area contributed by atoms with Crippen molar-refractivity contribution < 1.29 is 32.3 Å². The van der Waals surface area contributed by atoms with Gasteiger partial charge in [-0.25, -0.2) is 9.78 Å². The van der Waals surface area contributed by atoms with Gasteiger partial charge in [-0.05, 0) is 31.4 Å². The van der Waals surface area contributed by atoms with Gasteiger partial charge in [-0.1, -0.05) is 24.2 Å². The van der Waals surface area contributed by atoms with Gasteiger partial charge in [0.2, 0.25) is 5.91 Å². The summed E-state index contributed by atoms with van der Waals surface area (Å²) in [6.07, 6.45) is -1.37. The largest absolute Gasteiger partial charge is 0.573 e. The molecular formula is C19H19F3N4O4S. The van der Waals surface area contributed by atoms with Crippen molar-refractivity contribution >= 4 is 44.5 Å². The molecule has 12 heteroatoms. The lowest BCUT2D eigenvalue weighted by molar-refractivity contribution is -0.274. The molecule has 0 bridgehead atoms. The average molecular weight is 456 g/mol. The average Bonchev–Trinajstić information content (AvgIpc) is 3.35. The Bertz CT molecular complexity index is 1030. The number of thiazole rings is 1. The molecule has 2 N–H and O–H groups in total. The summed E-state index contributed by atoms with van der Waals surface area (Å²) in [7, 11) is 0. The summed E-state index contributed by atoms with van der Waals surface area (Å²) in [5, 5.41) is 5.63. The van der Waals surface area contributed by atoms with E-state index in [4.69, 9.17) is 0 Å². The fourth-order valence-corrected chi connectivity index (χ4v) is 4.84. The van der Waals surface area contributed by atoms with E-state index < -0.39 is 17.9 Å². The molecule has 31 heavy (non-hydrogen) atoms. The van der Waals surface area contributed by atoms with Gasteiger partial charge >= 0.3 is 12.4 Å². The molecule has 2 aliphatic rings. The van der Waals surface area contributed by atoms with Crippen LogP contribution in [0.3, 0.4) is 0 Å². The predicted molar refractivity (Wildman–Crippen MR) is 106 cm³/mol. The number of hydrogen-bond acceptors (Lipinski definition) is 6. The SMILES string of the molecule is O=C(CCCN1C(=O)NC2(CCCC2)C1=O)Nc1nc2ccc(OC(F)(F)F)cc2s1. The number of nitrogens with zero attached hydrogens (tertiary/aromatic N) is 2. The number of urea groups is 1. The Morgan fingerprint density at radius 2 is 2.03 bits per heavy atom. The highest BCUT2D eigenvalue weighted by Crippen LogP contribution is 2.35. The van der Waals surface area contributed by atoms with Gasteiger partial charge in [-0.3, -0.25) is 14.5 Å². The van der Waals surface area contributed by atoms with E-state index in [0.717, 1.165) is 30.2 Å². The van der Waals surface area contributed by atoms with E-state index in [1.54, 1.807) is 0 Å². The van der Waals surface area contributed by atoms with Gasteiger partial charge < -0.3 is 15.4 Å². The first-order chi connectivity index (χ1) is 14.7. The molecule has 2 aromatic rings. The number of ether oxygens (including phenoxy) is 1. The van der Waals surface area contributed by atoms with Crippen molar-refractivity contribution in [2.45, 2.75) is 50.4 Å². The van der Waals surface area contributed by atoms with Crippen molar-refractivity contribution in [3.05, 3.63) is 18.2 Å². The van der Waals surface area contributed by atoms with Gasteiger partial charge in [-0.2, -0.15) is 0 Å². The van der Waals surface area contributed by atoms with Crippen LogP contribution in [0.25, 0.3) is 10.2 Å². The second-order valence-electron chi connectivity index (χ2n) is 7.52. The Hall–Kier alpha value is -2.89. The maximum absolute atomic E-state index is 12.6. The summed E-state index contributed by atoms with van der Waals surface area (Å²) in [5.41, 5.74) is -0.342. The molecule has 1 spiro atoms. The Morgan fingerprint density at radius 3 is 2.74 bits per heavy atom. The molecule has 0 unspecified atom stereocenters. The van der Waals surface area contributed by atoms with Crippen LogP contribution in [0.5, 0.6) is 5.75 Å². The summed E-state index contributed by atoms with van der Waals surface area (Å²) in [5.74, 6) is -0.956. The van der Waals surface area contributed by atoms with E-state index in [0.29, 0.717) is 23.1 Å². The monoisotopic (exact) mass is 456 g/mol. The molecule has 1 saturated carbocycles. The number of nitrogens with one attached hydrogen (secondary N) is 2. The number of benzene rings is 1. The van der Waals surface area contributed by atoms with Crippen LogP contribution in [0, 0.1) is 0 Å². The molecule has 0 atom stereocenters. The van der Waals surface area contributed by atoms with Crippen molar-refractivity contribution in [1.29, 1.82) is 0 Å². The van der Waals surface area contributed by atoms with Crippen molar-refractivity contribution in [3.8, 4) is 5.75 Å². The molecule has 1 aliphatic heterocycles. The Kier molecular flexibility index (Phi) is 5.50. The number of fused-ring (bicyclic) bond motifs is 1. The molecule has 8 nitrogen and oxygen atoms in total. The minimum absolute atomic E-state index is 0.0580. The Balaban J connectivity index is 1.30. The number of imide groups is 1. The standard InChI is InChI=1S/C19H19F3N4O4S/c20-19(21,22)30-11-5-6-12-13(10-11)31-16(23-12)24-14(27)4-3-9-26-15(28)18(25-17(26)29)7-1-2-8-18/h5-6,10H,1-4,7-9H2,(H,25,29)(H,23,24,27). The van der Waals surface area contributed by atoms with Crippen LogP contribution in [-0.4, -0.2) is 46.2 Å². The number of carbonyl (C=O) groups excluding carboxylic acids is 3. The maximum atomic E-state index is 12.6. The smallest absolute Gasteiger partial charge is 0.406 e. The molecule has 1 saturated heterocycles. The molecule has 2 fully saturated rings. The predicted octanol–water partition coefficient (Wildman–Crippen LogP) is 3.78.